The first-order chi connectivity index (χ1) is 9.69. The molecule has 6 heteroatoms. The van der Waals surface area contributed by atoms with Crippen LogP contribution in [0.5, 0.6) is 0 Å². The SMILES string of the molecule is COC1(c2noc(C3(O)CCNC3)n2)CCCCCC1. The molecule has 0 amide bonds. The second-order valence-corrected chi connectivity index (χ2v) is 5.99. The molecule has 2 heterocycles. The standard InChI is InChI=1S/C14H23N3O3/c1-19-14(6-4-2-3-5-7-14)11-16-12(20-17-11)13(18)8-9-15-10-13/h15,18H,2-10H2,1H3. The van der Waals surface area contributed by atoms with Gasteiger partial charge >= 0.3 is 0 Å². The van der Waals surface area contributed by atoms with E-state index in [1.165, 1.54) is 12.8 Å². The molecule has 1 aliphatic carbocycles. The third-order valence-corrected chi connectivity index (χ3v) is 4.67. The third-order valence-electron chi connectivity index (χ3n) is 4.67. The van der Waals surface area contributed by atoms with Crippen LogP contribution in [0.2, 0.25) is 0 Å². The first kappa shape index (κ1) is 14.0. The molecule has 1 atom stereocenters. The molecule has 1 saturated carbocycles. The summed E-state index contributed by atoms with van der Waals surface area (Å²) in [6.45, 7) is 1.23. The van der Waals surface area contributed by atoms with E-state index in [-0.39, 0.29) is 0 Å². The van der Waals surface area contributed by atoms with E-state index in [9.17, 15) is 5.11 Å². The van der Waals surface area contributed by atoms with Gasteiger partial charge in [-0.05, 0) is 25.8 Å². The Morgan fingerprint density at radius 3 is 2.55 bits per heavy atom. The summed E-state index contributed by atoms with van der Waals surface area (Å²) in [4.78, 5) is 4.48. The molecule has 1 aliphatic heterocycles. The molecule has 0 radical (unpaired) electrons. The molecule has 0 bridgehead atoms. The van der Waals surface area contributed by atoms with Gasteiger partial charge in [0.2, 0.25) is 5.82 Å². The van der Waals surface area contributed by atoms with Gasteiger partial charge in [0, 0.05) is 13.7 Å². The number of hydrogen-bond donors (Lipinski definition) is 2. The molecule has 1 unspecified atom stereocenters. The topological polar surface area (TPSA) is 80.4 Å². The van der Waals surface area contributed by atoms with Crippen LogP contribution in [0.15, 0.2) is 4.52 Å². The smallest absolute Gasteiger partial charge is 0.260 e. The maximum atomic E-state index is 10.5. The molecule has 2 fully saturated rings. The van der Waals surface area contributed by atoms with Gasteiger partial charge in [0.05, 0.1) is 0 Å². The lowest BCUT2D eigenvalue weighted by atomic mass is 9.93. The Labute approximate surface area is 118 Å². The number of nitrogens with zero attached hydrogens (tertiary/aromatic N) is 2. The fourth-order valence-electron chi connectivity index (χ4n) is 3.28. The molecule has 1 aromatic rings. The fraction of sp³-hybridized carbons (Fsp3) is 0.857. The van der Waals surface area contributed by atoms with Crippen molar-refractivity contribution >= 4 is 0 Å². The van der Waals surface area contributed by atoms with Crippen molar-refractivity contribution in [2.24, 2.45) is 0 Å². The Kier molecular flexibility index (Phi) is 3.79. The van der Waals surface area contributed by atoms with Gasteiger partial charge in [0.15, 0.2) is 5.60 Å². The lowest BCUT2D eigenvalue weighted by molar-refractivity contribution is -0.0365. The number of rotatable bonds is 3. The minimum Gasteiger partial charge on any atom is -0.379 e. The molecule has 6 nitrogen and oxygen atoms in total. The average Bonchev–Trinajstić information content (AvgIpc) is 3.05. The lowest BCUT2D eigenvalue weighted by Crippen LogP contribution is -2.31. The highest BCUT2D eigenvalue weighted by molar-refractivity contribution is 5.08. The quantitative estimate of drug-likeness (QED) is 0.816. The maximum Gasteiger partial charge on any atom is 0.260 e. The van der Waals surface area contributed by atoms with Crippen molar-refractivity contribution in [1.29, 1.82) is 0 Å². The van der Waals surface area contributed by atoms with Crippen molar-refractivity contribution in [3.63, 3.8) is 0 Å². The van der Waals surface area contributed by atoms with Gasteiger partial charge in [-0.25, -0.2) is 0 Å². The first-order valence-corrected chi connectivity index (χ1v) is 7.51. The van der Waals surface area contributed by atoms with Gasteiger partial charge in [-0.1, -0.05) is 30.8 Å². The largest absolute Gasteiger partial charge is 0.379 e. The maximum absolute atomic E-state index is 10.5. The molecule has 3 rings (SSSR count). The van der Waals surface area contributed by atoms with Crippen molar-refractivity contribution < 1.29 is 14.4 Å². The molecule has 20 heavy (non-hydrogen) atoms. The van der Waals surface area contributed by atoms with E-state index >= 15 is 0 Å². The molecule has 0 spiro atoms. The summed E-state index contributed by atoms with van der Waals surface area (Å²) in [7, 11) is 1.72. The molecule has 2 aliphatic rings. The van der Waals surface area contributed by atoms with Crippen LogP contribution in [0.1, 0.15) is 56.7 Å². The Hall–Kier alpha value is -0.980. The average molecular weight is 281 g/mol. The Morgan fingerprint density at radius 1 is 1.20 bits per heavy atom. The molecule has 2 N–H and O–H groups in total. The van der Waals surface area contributed by atoms with Crippen molar-refractivity contribution in [2.45, 2.75) is 56.1 Å². The monoisotopic (exact) mass is 281 g/mol. The number of aliphatic hydroxyl groups is 1. The van der Waals surface area contributed by atoms with E-state index in [0.717, 1.165) is 32.2 Å². The summed E-state index contributed by atoms with van der Waals surface area (Å²) in [5, 5.41) is 17.7. The van der Waals surface area contributed by atoms with Crippen LogP contribution < -0.4 is 5.32 Å². The molecule has 112 valence electrons. The predicted molar refractivity (Wildman–Crippen MR) is 72.1 cm³/mol. The van der Waals surface area contributed by atoms with Gasteiger partial charge in [-0.2, -0.15) is 4.98 Å². The second-order valence-electron chi connectivity index (χ2n) is 5.99. The number of methoxy groups -OCH3 is 1. The van der Waals surface area contributed by atoms with Crippen LogP contribution in [0.25, 0.3) is 0 Å². The van der Waals surface area contributed by atoms with E-state index in [2.05, 4.69) is 15.5 Å². The highest BCUT2D eigenvalue weighted by atomic mass is 16.5. The number of β-amino-alcohol motifs (C(OH)–C–C–N with tert-alkyl or cyclic N) is 1. The normalized spacial score (nSPS) is 30.3. The lowest BCUT2D eigenvalue weighted by Gasteiger charge is -2.27. The van der Waals surface area contributed by atoms with E-state index in [1.54, 1.807) is 7.11 Å². The third kappa shape index (κ3) is 2.36. The van der Waals surface area contributed by atoms with E-state index in [4.69, 9.17) is 9.26 Å². The Bertz CT molecular complexity index is 446. The molecular weight excluding hydrogens is 258 g/mol. The minimum atomic E-state index is -1.02. The zero-order valence-electron chi connectivity index (χ0n) is 12.0. The van der Waals surface area contributed by atoms with Gasteiger partial charge < -0.3 is 19.7 Å². The second kappa shape index (κ2) is 5.42. The van der Waals surface area contributed by atoms with E-state index < -0.39 is 11.2 Å². The molecule has 1 saturated heterocycles. The molecule has 0 aromatic carbocycles. The highest BCUT2D eigenvalue weighted by Crippen LogP contribution is 2.38. The summed E-state index contributed by atoms with van der Waals surface area (Å²) in [6.07, 6.45) is 7.12. The zero-order chi connectivity index (χ0) is 14.1. The zero-order valence-corrected chi connectivity index (χ0v) is 12.0. The molecular formula is C14H23N3O3. The summed E-state index contributed by atoms with van der Waals surface area (Å²) in [6, 6.07) is 0. The van der Waals surface area contributed by atoms with E-state index in [0.29, 0.717) is 24.7 Å². The number of ether oxygens (including phenoxy) is 1. The van der Waals surface area contributed by atoms with Crippen molar-refractivity contribution in [3.8, 4) is 0 Å². The van der Waals surface area contributed by atoms with Gasteiger partial charge in [-0.15, -0.1) is 0 Å². The summed E-state index contributed by atoms with van der Waals surface area (Å²) in [5.74, 6) is 0.912. The van der Waals surface area contributed by atoms with Crippen LogP contribution >= 0.6 is 0 Å². The Balaban J connectivity index is 1.87. The van der Waals surface area contributed by atoms with Crippen LogP contribution in [0.4, 0.5) is 0 Å². The van der Waals surface area contributed by atoms with Crippen LogP contribution in [0, 0.1) is 0 Å². The summed E-state index contributed by atoms with van der Waals surface area (Å²) in [5.41, 5.74) is -1.47. The number of aromatic nitrogens is 2. The molecule has 1 aromatic heterocycles. The van der Waals surface area contributed by atoms with Gasteiger partial charge in [0.25, 0.3) is 5.89 Å². The number of nitrogens with one attached hydrogen (secondary N) is 1. The fourth-order valence-corrected chi connectivity index (χ4v) is 3.28. The number of hydrogen-bond acceptors (Lipinski definition) is 6. The highest BCUT2D eigenvalue weighted by Gasteiger charge is 2.43. The van der Waals surface area contributed by atoms with Gasteiger partial charge in [0.1, 0.15) is 5.60 Å². The van der Waals surface area contributed by atoms with Crippen LogP contribution in [-0.4, -0.2) is 35.4 Å². The predicted octanol–water partition coefficient (Wildman–Crippen LogP) is 1.45. The first-order valence-electron chi connectivity index (χ1n) is 7.51. The van der Waals surface area contributed by atoms with E-state index in [1.807, 2.05) is 0 Å². The Morgan fingerprint density at radius 2 is 1.95 bits per heavy atom. The van der Waals surface area contributed by atoms with Crippen LogP contribution in [-0.2, 0) is 15.9 Å². The van der Waals surface area contributed by atoms with Crippen molar-refractivity contribution in [1.82, 2.24) is 15.5 Å². The van der Waals surface area contributed by atoms with Crippen molar-refractivity contribution in [2.75, 3.05) is 20.2 Å². The summed E-state index contributed by atoms with van der Waals surface area (Å²) < 4.78 is 11.1. The van der Waals surface area contributed by atoms with Gasteiger partial charge in [-0.3, -0.25) is 0 Å². The van der Waals surface area contributed by atoms with Crippen molar-refractivity contribution in [3.05, 3.63) is 11.7 Å². The van der Waals surface area contributed by atoms with Crippen LogP contribution in [0.3, 0.4) is 0 Å². The summed E-state index contributed by atoms with van der Waals surface area (Å²) >= 11 is 0. The minimum absolute atomic E-state index is 0.318.